The van der Waals surface area contributed by atoms with Gasteiger partial charge in [-0.15, -0.1) is 0 Å². The molecule has 3 unspecified atom stereocenters. The minimum absolute atomic E-state index is 0.157. The minimum atomic E-state index is -0.608. The molecular formula is C17H24O2. The van der Waals surface area contributed by atoms with Crippen molar-refractivity contribution in [2.24, 2.45) is 23.7 Å². The number of rotatable bonds is 4. The first kappa shape index (κ1) is 14.1. The molecule has 1 N–H and O–H groups in total. The third-order valence-corrected chi connectivity index (χ3v) is 4.62. The van der Waals surface area contributed by atoms with Crippen molar-refractivity contribution in [1.82, 2.24) is 0 Å². The third-order valence-electron chi connectivity index (χ3n) is 4.62. The maximum Gasteiger partial charge on any atom is 0.306 e. The molecule has 2 nitrogen and oxygen atoms in total. The van der Waals surface area contributed by atoms with Gasteiger partial charge in [0.1, 0.15) is 0 Å². The van der Waals surface area contributed by atoms with Crippen LogP contribution in [0, 0.1) is 23.7 Å². The van der Waals surface area contributed by atoms with Crippen LogP contribution >= 0.6 is 0 Å². The van der Waals surface area contributed by atoms with Crippen LogP contribution in [-0.4, -0.2) is 11.1 Å². The molecule has 0 heterocycles. The summed E-state index contributed by atoms with van der Waals surface area (Å²) in [5.74, 6) is 0.872. The van der Waals surface area contributed by atoms with Crippen LogP contribution in [-0.2, 0) is 11.2 Å². The maximum absolute atomic E-state index is 11.4. The molecule has 2 heteroatoms. The summed E-state index contributed by atoms with van der Waals surface area (Å²) in [5, 5.41) is 9.41. The lowest BCUT2D eigenvalue weighted by molar-refractivity contribution is -0.145. The van der Waals surface area contributed by atoms with E-state index >= 15 is 0 Å². The summed E-state index contributed by atoms with van der Waals surface area (Å²) in [6.07, 6.45) is 3.88. The van der Waals surface area contributed by atoms with Gasteiger partial charge in [-0.2, -0.15) is 0 Å². The van der Waals surface area contributed by atoms with Crippen molar-refractivity contribution in [2.75, 3.05) is 0 Å². The van der Waals surface area contributed by atoms with E-state index in [0.717, 1.165) is 25.7 Å². The molecule has 1 aromatic rings. The van der Waals surface area contributed by atoms with Crippen molar-refractivity contribution >= 4 is 5.97 Å². The van der Waals surface area contributed by atoms with Crippen molar-refractivity contribution in [1.29, 1.82) is 0 Å². The number of hydrogen-bond acceptors (Lipinski definition) is 1. The van der Waals surface area contributed by atoms with Crippen molar-refractivity contribution in [3.05, 3.63) is 35.9 Å². The second-order valence-corrected chi connectivity index (χ2v) is 6.21. The molecule has 2 rings (SSSR count). The van der Waals surface area contributed by atoms with Crippen molar-refractivity contribution in [3.63, 3.8) is 0 Å². The van der Waals surface area contributed by atoms with Crippen molar-refractivity contribution < 1.29 is 9.90 Å². The Morgan fingerprint density at radius 2 is 1.95 bits per heavy atom. The highest BCUT2D eigenvalue weighted by molar-refractivity contribution is 5.70. The standard InChI is InChI=1S/C17H24O2/c1-12(2)14-8-9-16(17(18)19)15(11-14)10-13-6-4-3-5-7-13/h3-7,12,14-16H,8-11H2,1-2H3,(H,18,19). The van der Waals surface area contributed by atoms with Gasteiger partial charge in [0.2, 0.25) is 0 Å². The molecule has 0 saturated heterocycles. The van der Waals surface area contributed by atoms with Crippen LogP contribution in [0.1, 0.15) is 38.7 Å². The summed E-state index contributed by atoms with van der Waals surface area (Å²) in [7, 11) is 0. The summed E-state index contributed by atoms with van der Waals surface area (Å²) in [5.41, 5.74) is 1.27. The van der Waals surface area contributed by atoms with Crippen molar-refractivity contribution in [2.45, 2.75) is 39.5 Å². The van der Waals surface area contributed by atoms with E-state index in [2.05, 4.69) is 26.0 Å². The molecule has 1 fully saturated rings. The predicted molar refractivity (Wildman–Crippen MR) is 76.9 cm³/mol. The van der Waals surface area contributed by atoms with Gasteiger partial charge in [0.05, 0.1) is 5.92 Å². The lowest BCUT2D eigenvalue weighted by Crippen LogP contribution is -2.33. The van der Waals surface area contributed by atoms with Crippen LogP contribution in [0.15, 0.2) is 30.3 Å². The quantitative estimate of drug-likeness (QED) is 0.888. The smallest absolute Gasteiger partial charge is 0.306 e. The molecular weight excluding hydrogens is 236 g/mol. The van der Waals surface area contributed by atoms with E-state index in [1.54, 1.807) is 0 Å². The molecule has 1 aliphatic carbocycles. The van der Waals surface area contributed by atoms with Gasteiger partial charge in [0.15, 0.2) is 0 Å². The first-order valence-corrected chi connectivity index (χ1v) is 7.34. The molecule has 0 spiro atoms. The molecule has 0 aromatic heterocycles. The first-order chi connectivity index (χ1) is 9.08. The van der Waals surface area contributed by atoms with Crippen LogP contribution in [0.5, 0.6) is 0 Å². The molecule has 1 aliphatic rings. The second-order valence-electron chi connectivity index (χ2n) is 6.21. The monoisotopic (exact) mass is 260 g/mol. The average Bonchev–Trinajstić information content (AvgIpc) is 2.39. The number of carbonyl (C=O) groups is 1. The predicted octanol–water partition coefficient (Wildman–Crippen LogP) is 4.00. The van der Waals surface area contributed by atoms with Crippen LogP contribution < -0.4 is 0 Å². The van der Waals surface area contributed by atoms with E-state index < -0.39 is 5.97 Å². The highest BCUT2D eigenvalue weighted by atomic mass is 16.4. The molecule has 19 heavy (non-hydrogen) atoms. The van der Waals surface area contributed by atoms with Gasteiger partial charge < -0.3 is 5.11 Å². The molecule has 3 atom stereocenters. The molecule has 0 radical (unpaired) electrons. The lowest BCUT2D eigenvalue weighted by atomic mass is 9.69. The van der Waals surface area contributed by atoms with E-state index in [1.807, 2.05) is 18.2 Å². The van der Waals surface area contributed by atoms with Crippen molar-refractivity contribution in [3.8, 4) is 0 Å². The van der Waals surface area contributed by atoms with Gasteiger partial charge in [-0.3, -0.25) is 4.79 Å². The normalized spacial score (nSPS) is 27.4. The summed E-state index contributed by atoms with van der Waals surface area (Å²) in [6.45, 7) is 4.51. The van der Waals surface area contributed by atoms with Crippen LogP contribution in [0.25, 0.3) is 0 Å². The zero-order valence-corrected chi connectivity index (χ0v) is 11.9. The van der Waals surface area contributed by atoms with Crippen LogP contribution in [0.3, 0.4) is 0 Å². The highest BCUT2D eigenvalue weighted by Crippen LogP contribution is 2.39. The van der Waals surface area contributed by atoms with E-state index in [1.165, 1.54) is 5.56 Å². The molecule has 0 aliphatic heterocycles. The number of carboxylic acid groups (broad SMARTS) is 1. The average molecular weight is 260 g/mol. The number of carboxylic acids is 1. The zero-order chi connectivity index (χ0) is 13.8. The Balaban J connectivity index is 2.09. The minimum Gasteiger partial charge on any atom is -0.481 e. The molecule has 0 amide bonds. The van der Waals surface area contributed by atoms with Gasteiger partial charge in [-0.25, -0.2) is 0 Å². The largest absolute Gasteiger partial charge is 0.481 e. The fraction of sp³-hybridized carbons (Fsp3) is 0.588. The van der Waals surface area contributed by atoms with E-state index in [9.17, 15) is 9.90 Å². The van der Waals surface area contributed by atoms with Gasteiger partial charge in [0.25, 0.3) is 0 Å². The Morgan fingerprint density at radius 3 is 2.53 bits per heavy atom. The second kappa shape index (κ2) is 6.23. The van der Waals surface area contributed by atoms with E-state index in [0.29, 0.717) is 17.8 Å². The molecule has 104 valence electrons. The Labute approximate surface area is 115 Å². The Hall–Kier alpha value is -1.31. The van der Waals surface area contributed by atoms with Crippen LogP contribution in [0.2, 0.25) is 0 Å². The fourth-order valence-corrected chi connectivity index (χ4v) is 3.37. The summed E-state index contributed by atoms with van der Waals surface area (Å²) >= 11 is 0. The Morgan fingerprint density at radius 1 is 1.26 bits per heavy atom. The molecule has 0 bridgehead atoms. The topological polar surface area (TPSA) is 37.3 Å². The lowest BCUT2D eigenvalue weighted by Gasteiger charge is -2.36. The molecule has 1 saturated carbocycles. The first-order valence-electron chi connectivity index (χ1n) is 7.34. The van der Waals surface area contributed by atoms with Crippen LogP contribution in [0.4, 0.5) is 0 Å². The Kier molecular flexibility index (Phi) is 4.62. The third kappa shape index (κ3) is 3.59. The van der Waals surface area contributed by atoms with Gasteiger partial charge in [0, 0.05) is 0 Å². The van der Waals surface area contributed by atoms with Gasteiger partial charge >= 0.3 is 5.97 Å². The Bertz CT molecular complexity index is 411. The van der Waals surface area contributed by atoms with Gasteiger partial charge in [-0.1, -0.05) is 44.2 Å². The number of hydrogen-bond donors (Lipinski definition) is 1. The maximum atomic E-state index is 11.4. The summed E-state index contributed by atoms with van der Waals surface area (Å²) in [6, 6.07) is 10.3. The number of benzene rings is 1. The summed E-state index contributed by atoms with van der Waals surface area (Å²) < 4.78 is 0. The van der Waals surface area contributed by atoms with Gasteiger partial charge in [-0.05, 0) is 49.0 Å². The molecule has 1 aromatic carbocycles. The SMILES string of the molecule is CC(C)C1CCC(C(=O)O)C(Cc2ccccc2)C1. The zero-order valence-electron chi connectivity index (χ0n) is 11.9. The van der Waals surface area contributed by atoms with E-state index in [4.69, 9.17) is 0 Å². The highest BCUT2D eigenvalue weighted by Gasteiger charge is 2.35. The summed E-state index contributed by atoms with van der Waals surface area (Å²) in [4.78, 5) is 11.4. The fourth-order valence-electron chi connectivity index (χ4n) is 3.37. The number of aliphatic carboxylic acids is 1. The van der Waals surface area contributed by atoms with E-state index in [-0.39, 0.29) is 5.92 Å².